The van der Waals surface area contributed by atoms with Crippen molar-refractivity contribution in [2.45, 2.75) is 105 Å². The molecule has 3 nitrogen and oxygen atoms in total. The van der Waals surface area contributed by atoms with Crippen LogP contribution in [-0.4, -0.2) is 31.9 Å². The maximum absolute atomic E-state index is 5.44. The first kappa shape index (κ1) is 27.7. The average molecular weight is 335 g/mol. The van der Waals surface area contributed by atoms with Gasteiger partial charge in [0, 0.05) is 26.4 Å². The van der Waals surface area contributed by atoms with E-state index < -0.39 is 0 Å². The lowest BCUT2D eigenvalue weighted by molar-refractivity contribution is 0.126. The maximum Gasteiger partial charge on any atom is 0.0466 e. The van der Waals surface area contributed by atoms with Gasteiger partial charge >= 0.3 is 0 Å². The minimum absolute atomic E-state index is 0. The Hall–Kier alpha value is -0.120. The Labute approximate surface area is 146 Å². The van der Waals surface area contributed by atoms with Crippen LogP contribution >= 0.6 is 0 Å². The van der Waals surface area contributed by atoms with Crippen LogP contribution in [0.2, 0.25) is 0 Å². The molecule has 0 spiro atoms. The first-order valence-electron chi connectivity index (χ1n) is 9.98. The van der Waals surface area contributed by atoms with Crippen molar-refractivity contribution >= 4 is 0 Å². The second kappa shape index (κ2) is 29.8. The summed E-state index contributed by atoms with van der Waals surface area (Å²) in [6.07, 6.45) is 15.4. The molecular weight excluding hydrogens is 288 g/mol. The minimum atomic E-state index is 0. The first-order chi connectivity index (χ1) is 10.8. The van der Waals surface area contributed by atoms with Crippen LogP contribution in [0.15, 0.2) is 0 Å². The van der Waals surface area contributed by atoms with Gasteiger partial charge in [-0.15, -0.1) is 0 Å². The molecule has 0 atom stereocenters. The van der Waals surface area contributed by atoms with Crippen LogP contribution in [0.1, 0.15) is 105 Å². The first-order valence-corrected chi connectivity index (χ1v) is 9.98. The molecule has 0 aromatic carbocycles. The predicted molar refractivity (Wildman–Crippen MR) is 103 cm³/mol. The standard InChI is InChI=1S/2C10H22O.H2O/c2*1-3-5-7-9-11-10-8-6-4-2;/h2*3-10H2,1-2H3;1H2. The summed E-state index contributed by atoms with van der Waals surface area (Å²) in [5.74, 6) is 0. The highest BCUT2D eigenvalue weighted by atomic mass is 16.5. The second-order valence-electron chi connectivity index (χ2n) is 6.05. The summed E-state index contributed by atoms with van der Waals surface area (Å²) in [7, 11) is 0. The summed E-state index contributed by atoms with van der Waals surface area (Å²) in [5, 5.41) is 0. The molecule has 144 valence electrons. The van der Waals surface area contributed by atoms with Crippen LogP contribution in [0, 0.1) is 0 Å². The highest BCUT2D eigenvalue weighted by Crippen LogP contribution is 1.98. The monoisotopic (exact) mass is 334 g/mol. The van der Waals surface area contributed by atoms with Gasteiger partial charge in [0.05, 0.1) is 0 Å². The van der Waals surface area contributed by atoms with Crippen molar-refractivity contribution in [2.75, 3.05) is 26.4 Å². The normalized spacial score (nSPS) is 9.91. The van der Waals surface area contributed by atoms with E-state index in [9.17, 15) is 0 Å². The largest absolute Gasteiger partial charge is 0.412 e. The van der Waals surface area contributed by atoms with Crippen LogP contribution < -0.4 is 0 Å². The Morgan fingerprint density at radius 2 is 0.609 bits per heavy atom. The molecule has 0 amide bonds. The Morgan fingerprint density at radius 1 is 0.391 bits per heavy atom. The molecule has 0 saturated carbocycles. The van der Waals surface area contributed by atoms with E-state index >= 15 is 0 Å². The van der Waals surface area contributed by atoms with E-state index in [4.69, 9.17) is 9.47 Å². The van der Waals surface area contributed by atoms with Gasteiger partial charge in [-0.3, -0.25) is 0 Å². The van der Waals surface area contributed by atoms with Crippen molar-refractivity contribution in [1.29, 1.82) is 0 Å². The SMILES string of the molecule is CCCCCOCCCCC.CCCCCOCCCCC.O. The van der Waals surface area contributed by atoms with E-state index in [0.717, 1.165) is 26.4 Å². The lowest BCUT2D eigenvalue weighted by atomic mass is 10.2. The Bertz CT molecular complexity index is 129. The molecule has 0 unspecified atom stereocenters. The van der Waals surface area contributed by atoms with E-state index in [1.165, 1.54) is 77.0 Å². The Morgan fingerprint density at radius 3 is 0.783 bits per heavy atom. The number of unbranched alkanes of at least 4 members (excludes halogenated alkanes) is 8. The lowest BCUT2D eigenvalue weighted by Crippen LogP contribution is -1.96. The molecule has 0 radical (unpaired) electrons. The molecular formula is C20H46O3. The molecule has 0 aromatic heterocycles. The summed E-state index contributed by atoms with van der Waals surface area (Å²) in [4.78, 5) is 0. The number of rotatable bonds is 16. The number of hydrogen-bond donors (Lipinski definition) is 0. The zero-order valence-electron chi connectivity index (χ0n) is 16.6. The van der Waals surface area contributed by atoms with Crippen LogP contribution in [0.3, 0.4) is 0 Å². The minimum Gasteiger partial charge on any atom is -0.412 e. The third-order valence-electron chi connectivity index (χ3n) is 3.57. The van der Waals surface area contributed by atoms with Crippen LogP contribution in [0.4, 0.5) is 0 Å². The molecule has 3 heteroatoms. The van der Waals surface area contributed by atoms with Crippen LogP contribution in [0.25, 0.3) is 0 Å². The maximum atomic E-state index is 5.44. The molecule has 0 aliphatic rings. The summed E-state index contributed by atoms with van der Waals surface area (Å²) >= 11 is 0. The van der Waals surface area contributed by atoms with Gasteiger partial charge in [0.15, 0.2) is 0 Å². The molecule has 0 aliphatic heterocycles. The third-order valence-corrected chi connectivity index (χ3v) is 3.57. The lowest BCUT2D eigenvalue weighted by Gasteiger charge is -2.01. The van der Waals surface area contributed by atoms with Crippen molar-refractivity contribution in [1.82, 2.24) is 0 Å². The smallest absolute Gasteiger partial charge is 0.0466 e. The summed E-state index contributed by atoms with van der Waals surface area (Å²) in [5.41, 5.74) is 0. The molecule has 0 bridgehead atoms. The van der Waals surface area contributed by atoms with Crippen molar-refractivity contribution in [3.8, 4) is 0 Å². The molecule has 0 aliphatic carbocycles. The third kappa shape index (κ3) is 34.3. The van der Waals surface area contributed by atoms with Crippen molar-refractivity contribution < 1.29 is 14.9 Å². The van der Waals surface area contributed by atoms with Gasteiger partial charge in [-0.1, -0.05) is 79.1 Å². The Kier molecular flexibility index (Phi) is 36.0. The highest BCUT2D eigenvalue weighted by Gasteiger charge is 1.89. The molecule has 2 N–H and O–H groups in total. The van der Waals surface area contributed by atoms with E-state index in [2.05, 4.69) is 27.7 Å². The number of hydrogen-bond acceptors (Lipinski definition) is 2. The van der Waals surface area contributed by atoms with Crippen molar-refractivity contribution in [3.63, 3.8) is 0 Å². The quantitative estimate of drug-likeness (QED) is 0.328. The predicted octanol–water partition coefficient (Wildman–Crippen LogP) is 5.94. The zero-order chi connectivity index (χ0) is 16.7. The highest BCUT2D eigenvalue weighted by molar-refractivity contribution is 4.39. The fraction of sp³-hybridized carbons (Fsp3) is 1.00. The second-order valence-corrected chi connectivity index (χ2v) is 6.05. The van der Waals surface area contributed by atoms with E-state index in [-0.39, 0.29) is 5.48 Å². The topological polar surface area (TPSA) is 50.0 Å². The summed E-state index contributed by atoms with van der Waals surface area (Å²) in [6, 6.07) is 0. The molecule has 0 heterocycles. The molecule has 0 saturated heterocycles. The van der Waals surface area contributed by atoms with Gasteiger partial charge in [-0.25, -0.2) is 0 Å². The summed E-state index contributed by atoms with van der Waals surface area (Å²) in [6.45, 7) is 12.8. The number of ether oxygens (including phenoxy) is 2. The fourth-order valence-corrected chi connectivity index (χ4v) is 2.02. The van der Waals surface area contributed by atoms with Crippen LogP contribution in [-0.2, 0) is 9.47 Å². The molecule has 0 rings (SSSR count). The van der Waals surface area contributed by atoms with Gasteiger partial charge < -0.3 is 14.9 Å². The van der Waals surface area contributed by atoms with Gasteiger partial charge in [0.25, 0.3) is 0 Å². The van der Waals surface area contributed by atoms with Gasteiger partial charge in [0.1, 0.15) is 0 Å². The fourth-order valence-electron chi connectivity index (χ4n) is 2.02. The van der Waals surface area contributed by atoms with Crippen LogP contribution in [0.5, 0.6) is 0 Å². The van der Waals surface area contributed by atoms with Gasteiger partial charge in [-0.05, 0) is 25.7 Å². The van der Waals surface area contributed by atoms with Gasteiger partial charge in [0.2, 0.25) is 0 Å². The van der Waals surface area contributed by atoms with E-state index in [0.29, 0.717) is 0 Å². The molecule has 23 heavy (non-hydrogen) atoms. The molecule has 0 aromatic rings. The zero-order valence-corrected chi connectivity index (χ0v) is 16.6. The van der Waals surface area contributed by atoms with E-state index in [1.54, 1.807) is 0 Å². The summed E-state index contributed by atoms with van der Waals surface area (Å²) < 4.78 is 10.9. The molecule has 0 fully saturated rings. The van der Waals surface area contributed by atoms with Crippen molar-refractivity contribution in [2.24, 2.45) is 0 Å². The van der Waals surface area contributed by atoms with E-state index in [1.807, 2.05) is 0 Å². The Balaban J connectivity index is -0.000000333. The average Bonchev–Trinajstić information content (AvgIpc) is 2.54. The van der Waals surface area contributed by atoms with Gasteiger partial charge in [-0.2, -0.15) is 0 Å². The van der Waals surface area contributed by atoms with Crippen molar-refractivity contribution in [3.05, 3.63) is 0 Å².